The molecule has 0 unspecified atom stereocenters. The van der Waals surface area contributed by atoms with Crippen LogP contribution in [0.3, 0.4) is 0 Å². The molecule has 4 heteroatoms. The average molecular weight is 180 g/mol. The first-order valence-corrected chi connectivity index (χ1v) is 4.22. The van der Waals surface area contributed by atoms with Crippen molar-refractivity contribution in [1.82, 2.24) is 5.01 Å². The van der Waals surface area contributed by atoms with Gasteiger partial charge in [0.1, 0.15) is 0 Å². The van der Waals surface area contributed by atoms with E-state index in [1.54, 1.807) is 0 Å². The van der Waals surface area contributed by atoms with Gasteiger partial charge in [-0.3, -0.25) is 9.59 Å². The highest BCUT2D eigenvalue weighted by Crippen LogP contribution is 2.27. The molecule has 2 amide bonds. The van der Waals surface area contributed by atoms with Crippen LogP contribution in [-0.2, 0) is 9.59 Å². The van der Waals surface area contributed by atoms with E-state index in [-0.39, 0.29) is 11.8 Å². The molecule has 4 nitrogen and oxygen atoms in total. The van der Waals surface area contributed by atoms with E-state index in [4.69, 9.17) is 5.84 Å². The number of nitrogens with zero attached hydrogens (tertiary/aromatic N) is 1. The first-order valence-electron chi connectivity index (χ1n) is 4.22. The summed E-state index contributed by atoms with van der Waals surface area (Å²) in [6.07, 6.45) is 2.70. The summed E-state index contributed by atoms with van der Waals surface area (Å²) in [6.45, 7) is 1.53. The van der Waals surface area contributed by atoms with Gasteiger partial charge >= 0.3 is 5.91 Å². The van der Waals surface area contributed by atoms with Crippen LogP contribution in [-0.4, -0.2) is 16.8 Å². The van der Waals surface area contributed by atoms with Crippen LogP contribution in [0.15, 0.2) is 0 Å². The molecule has 13 heavy (non-hydrogen) atoms. The summed E-state index contributed by atoms with van der Waals surface area (Å²) >= 11 is 0. The molecule has 0 bridgehead atoms. The predicted octanol–water partition coefficient (Wildman–Crippen LogP) is 0.0387. The molecule has 0 atom stereocenters. The van der Waals surface area contributed by atoms with E-state index in [9.17, 15) is 9.59 Å². The molecule has 0 heterocycles. The number of hydrogen-bond acceptors (Lipinski definition) is 3. The number of amides is 2. The standard InChI is InChI=1S/C9H12N2O2/c1-2-4-8(12)11(10)9(13)7-5-3-6-7/h7H,3,5-6,10H2,1H3. The molecule has 70 valence electrons. The molecule has 0 aromatic heterocycles. The number of nitrogens with two attached hydrogens (primary N) is 1. The van der Waals surface area contributed by atoms with Gasteiger partial charge in [0.15, 0.2) is 0 Å². The number of carbonyl (C=O) groups excluding carboxylic acids is 2. The van der Waals surface area contributed by atoms with E-state index in [1.807, 2.05) is 0 Å². The Morgan fingerprint density at radius 3 is 2.46 bits per heavy atom. The third kappa shape index (κ3) is 2.07. The van der Waals surface area contributed by atoms with Crippen molar-refractivity contribution in [2.45, 2.75) is 26.2 Å². The predicted molar refractivity (Wildman–Crippen MR) is 46.8 cm³/mol. The lowest BCUT2D eigenvalue weighted by atomic mass is 9.84. The quantitative estimate of drug-likeness (QED) is 0.268. The Bertz CT molecular complexity index is 284. The lowest BCUT2D eigenvalue weighted by molar-refractivity contribution is -0.146. The van der Waals surface area contributed by atoms with E-state index >= 15 is 0 Å². The van der Waals surface area contributed by atoms with Crippen molar-refractivity contribution in [3.8, 4) is 11.8 Å². The molecular weight excluding hydrogens is 168 g/mol. The first kappa shape index (κ1) is 9.75. The molecule has 0 saturated heterocycles. The zero-order valence-electron chi connectivity index (χ0n) is 7.54. The van der Waals surface area contributed by atoms with Crippen molar-refractivity contribution < 1.29 is 9.59 Å². The molecule has 0 aromatic rings. The van der Waals surface area contributed by atoms with Gasteiger partial charge in [-0.25, -0.2) is 10.9 Å². The van der Waals surface area contributed by atoms with Crippen molar-refractivity contribution in [2.24, 2.45) is 11.8 Å². The summed E-state index contributed by atoms with van der Waals surface area (Å²) in [5.74, 6) is 8.92. The molecular formula is C9H12N2O2. The number of hydrazine groups is 1. The second-order valence-electron chi connectivity index (χ2n) is 3.02. The number of carbonyl (C=O) groups is 2. The van der Waals surface area contributed by atoms with Gasteiger partial charge in [0.05, 0.1) is 0 Å². The highest BCUT2D eigenvalue weighted by Gasteiger charge is 2.30. The molecule has 0 radical (unpaired) electrons. The molecule has 0 spiro atoms. The fourth-order valence-corrected chi connectivity index (χ4v) is 1.12. The molecule has 1 rings (SSSR count). The fraction of sp³-hybridized carbons (Fsp3) is 0.556. The largest absolute Gasteiger partial charge is 0.319 e. The molecule has 0 aromatic carbocycles. The van der Waals surface area contributed by atoms with Gasteiger partial charge in [0.25, 0.3) is 0 Å². The number of imide groups is 1. The molecule has 1 fully saturated rings. The van der Waals surface area contributed by atoms with Gasteiger partial charge in [0.2, 0.25) is 5.91 Å². The maximum atomic E-state index is 11.4. The molecule has 2 N–H and O–H groups in total. The van der Waals surface area contributed by atoms with E-state index in [0.717, 1.165) is 19.3 Å². The van der Waals surface area contributed by atoms with Crippen LogP contribution in [0.1, 0.15) is 26.2 Å². The second kappa shape index (κ2) is 4.06. The highest BCUT2D eigenvalue weighted by atomic mass is 16.2. The van der Waals surface area contributed by atoms with Gasteiger partial charge in [-0.05, 0) is 25.7 Å². The van der Waals surface area contributed by atoms with E-state index in [2.05, 4.69) is 11.8 Å². The van der Waals surface area contributed by atoms with Crippen LogP contribution in [0, 0.1) is 17.8 Å². The lowest BCUT2D eigenvalue weighted by Gasteiger charge is -2.26. The average Bonchev–Trinajstić information content (AvgIpc) is 2.00. The Kier molecular flexibility index (Phi) is 3.04. The van der Waals surface area contributed by atoms with E-state index in [1.165, 1.54) is 6.92 Å². The maximum Gasteiger partial charge on any atom is 0.319 e. The fourth-order valence-electron chi connectivity index (χ4n) is 1.12. The van der Waals surface area contributed by atoms with Crippen LogP contribution in [0.25, 0.3) is 0 Å². The molecule has 0 aliphatic heterocycles. The van der Waals surface area contributed by atoms with Gasteiger partial charge in [-0.2, -0.15) is 0 Å². The van der Waals surface area contributed by atoms with Gasteiger partial charge in [-0.1, -0.05) is 12.3 Å². The Balaban J connectivity index is 2.53. The van der Waals surface area contributed by atoms with Gasteiger partial charge in [0, 0.05) is 5.92 Å². The minimum Gasteiger partial charge on any atom is -0.273 e. The van der Waals surface area contributed by atoms with Crippen LogP contribution in [0.2, 0.25) is 0 Å². The van der Waals surface area contributed by atoms with Crippen LogP contribution in [0.5, 0.6) is 0 Å². The third-order valence-corrected chi connectivity index (χ3v) is 2.14. The summed E-state index contributed by atoms with van der Waals surface area (Å²) in [5.41, 5.74) is 0. The Hall–Kier alpha value is -1.34. The molecule has 1 aliphatic carbocycles. The van der Waals surface area contributed by atoms with Crippen molar-refractivity contribution in [1.29, 1.82) is 0 Å². The Morgan fingerprint density at radius 2 is 2.08 bits per heavy atom. The topological polar surface area (TPSA) is 63.4 Å². The number of rotatable bonds is 1. The number of hydrogen-bond donors (Lipinski definition) is 1. The highest BCUT2D eigenvalue weighted by molar-refractivity contribution is 6.04. The van der Waals surface area contributed by atoms with Crippen LogP contribution < -0.4 is 5.84 Å². The maximum absolute atomic E-state index is 11.4. The minimum atomic E-state index is -0.626. The van der Waals surface area contributed by atoms with Crippen molar-refractivity contribution in [2.75, 3.05) is 0 Å². The van der Waals surface area contributed by atoms with Crippen molar-refractivity contribution in [3.63, 3.8) is 0 Å². The van der Waals surface area contributed by atoms with E-state index < -0.39 is 5.91 Å². The molecule has 1 saturated carbocycles. The first-order chi connectivity index (χ1) is 6.16. The van der Waals surface area contributed by atoms with Crippen molar-refractivity contribution >= 4 is 11.8 Å². The summed E-state index contributed by atoms with van der Waals surface area (Å²) in [7, 11) is 0. The lowest BCUT2D eigenvalue weighted by Crippen LogP contribution is -2.46. The second-order valence-corrected chi connectivity index (χ2v) is 3.02. The SMILES string of the molecule is CC#CC(=O)N(N)C(=O)C1CCC1. The summed E-state index contributed by atoms with van der Waals surface area (Å²) in [6, 6.07) is 0. The monoisotopic (exact) mass is 180 g/mol. The summed E-state index contributed by atoms with van der Waals surface area (Å²) < 4.78 is 0. The zero-order chi connectivity index (χ0) is 9.84. The zero-order valence-corrected chi connectivity index (χ0v) is 7.54. The van der Waals surface area contributed by atoms with E-state index in [0.29, 0.717) is 5.01 Å². The Morgan fingerprint density at radius 1 is 1.46 bits per heavy atom. The summed E-state index contributed by atoms with van der Waals surface area (Å²) in [4.78, 5) is 22.4. The minimum absolute atomic E-state index is 0.0624. The van der Waals surface area contributed by atoms with Crippen molar-refractivity contribution in [3.05, 3.63) is 0 Å². The van der Waals surface area contributed by atoms with Gasteiger partial charge < -0.3 is 0 Å². The van der Waals surface area contributed by atoms with Crippen LogP contribution >= 0.6 is 0 Å². The Labute approximate surface area is 77.0 Å². The van der Waals surface area contributed by atoms with Crippen LogP contribution in [0.4, 0.5) is 0 Å². The molecule has 1 aliphatic rings. The normalized spacial score (nSPS) is 15.2. The van der Waals surface area contributed by atoms with Gasteiger partial charge in [-0.15, -0.1) is 0 Å². The summed E-state index contributed by atoms with van der Waals surface area (Å²) in [5, 5.41) is 0.625. The smallest absolute Gasteiger partial charge is 0.273 e. The third-order valence-electron chi connectivity index (χ3n) is 2.14.